The van der Waals surface area contributed by atoms with Crippen LogP contribution in [0.25, 0.3) is 0 Å². The van der Waals surface area contributed by atoms with Gasteiger partial charge < -0.3 is 4.18 Å². The van der Waals surface area contributed by atoms with Crippen molar-refractivity contribution in [3.8, 4) is 0 Å². The fraction of sp³-hybridized carbons (Fsp3) is 0.604. The lowest BCUT2D eigenvalue weighted by Gasteiger charge is -2.46. The highest BCUT2D eigenvalue weighted by Gasteiger charge is 2.99. The standard InChI is InChI=1S/C48H45F23O2S/c49-38(50,39(51,52)40(53,54)41(55,56)42(57,58)43(59,60)44(61,62)45(63,64)46(65,66)47(67,68)48(69,70)71)37(72)73-74(32-22-12-4-13-23-32,33-24-14-5-15-25-33)36-34(29-18-8-2-9-19-29)26-31(28-16-6-1-7-17-28)27-35(36)30-20-10-3-11-21-30/h4-5,12-15,22-30H,1-3,6-11,16-21H2. The molecule has 416 valence electrons. The highest BCUT2D eigenvalue weighted by Crippen LogP contribution is 2.74. The molecular formula is C48H45F23O2S. The maximum Gasteiger partial charge on any atom is 0.460 e. The van der Waals surface area contributed by atoms with Gasteiger partial charge in [-0.05, 0) is 108 Å². The molecule has 0 unspecified atom stereocenters. The summed E-state index contributed by atoms with van der Waals surface area (Å²) in [6.45, 7) is 0. The highest BCUT2D eigenvalue weighted by atomic mass is 32.3. The summed E-state index contributed by atoms with van der Waals surface area (Å²) in [5.41, 5.74) is 1.41. The number of carbonyl (C=O) groups excluding carboxylic acids is 1. The van der Waals surface area contributed by atoms with Crippen molar-refractivity contribution in [3.05, 3.63) is 89.5 Å². The van der Waals surface area contributed by atoms with Crippen LogP contribution in [0.3, 0.4) is 0 Å². The third kappa shape index (κ3) is 9.08. The third-order valence-corrected chi connectivity index (χ3v) is 17.5. The molecule has 2 nitrogen and oxygen atoms in total. The molecule has 0 saturated heterocycles. The first-order valence-electron chi connectivity index (χ1n) is 23.1. The van der Waals surface area contributed by atoms with Gasteiger partial charge in [-0.2, -0.15) is 101 Å². The fourth-order valence-corrected chi connectivity index (χ4v) is 13.5. The summed E-state index contributed by atoms with van der Waals surface area (Å²) in [7, 11) is -4.55. The zero-order chi connectivity index (χ0) is 55.6. The lowest BCUT2D eigenvalue weighted by Crippen LogP contribution is -2.78. The van der Waals surface area contributed by atoms with Crippen molar-refractivity contribution >= 4 is 16.3 Å². The SMILES string of the molecule is O=C(OS(c1ccccc1)(c1ccccc1)c1c(C2CCCCC2)cc(C2CCCCC2)cc1C1CCCCC1)C(F)(F)C(F)(F)C(F)(F)C(F)(F)C(F)(F)C(F)(F)C(F)(F)C(F)(F)C(F)(F)C(F)(F)C(F)(F)F. The predicted octanol–water partition coefficient (Wildman–Crippen LogP) is 18.5. The molecule has 3 aliphatic rings. The van der Waals surface area contributed by atoms with Crippen molar-refractivity contribution < 1.29 is 110 Å². The van der Waals surface area contributed by atoms with E-state index >= 15 is 35.1 Å². The van der Waals surface area contributed by atoms with Crippen LogP contribution < -0.4 is 0 Å². The van der Waals surface area contributed by atoms with Gasteiger partial charge in [-0.3, -0.25) is 0 Å². The van der Waals surface area contributed by atoms with Gasteiger partial charge in [-0.25, -0.2) is 4.79 Å². The maximum absolute atomic E-state index is 16.4. The maximum atomic E-state index is 16.4. The van der Waals surface area contributed by atoms with E-state index < -0.39 is 93.5 Å². The van der Waals surface area contributed by atoms with Gasteiger partial charge in [0, 0.05) is 14.7 Å². The van der Waals surface area contributed by atoms with Crippen molar-refractivity contribution in [1.82, 2.24) is 0 Å². The van der Waals surface area contributed by atoms with Gasteiger partial charge >= 0.3 is 71.4 Å². The topological polar surface area (TPSA) is 26.3 Å². The average Bonchev–Trinajstić information content (AvgIpc) is 3.35. The minimum atomic E-state index is -9.57. The molecule has 0 N–H and O–H groups in total. The summed E-state index contributed by atoms with van der Waals surface area (Å²) in [5.74, 6) is -95.6. The van der Waals surface area contributed by atoms with Gasteiger partial charge in [0.05, 0.1) is 0 Å². The van der Waals surface area contributed by atoms with E-state index in [-0.39, 0.29) is 20.6 Å². The van der Waals surface area contributed by atoms with Crippen molar-refractivity contribution in [2.24, 2.45) is 0 Å². The molecule has 3 aliphatic carbocycles. The van der Waals surface area contributed by atoms with Crippen LogP contribution in [0.15, 0.2) is 87.5 Å². The molecule has 6 rings (SSSR count). The zero-order valence-corrected chi connectivity index (χ0v) is 39.0. The van der Waals surface area contributed by atoms with E-state index in [2.05, 4.69) is 0 Å². The minimum Gasteiger partial charge on any atom is -0.397 e. The second kappa shape index (κ2) is 20.0. The number of carbonyl (C=O) groups is 1. The van der Waals surface area contributed by atoms with Crippen molar-refractivity contribution in [2.45, 2.75) is 194 Å². The Morgan fingerprint density at radius 1 is 0.378 bits per heavy atom. The first-order chi connectivity index (χ1) is 33.9. The van der Waals surface area contributed by atoms with Crippen LogP contribution in [-0.4, -0.2) is 71.4 Å². The largest absolute Gasteiger partial charge is 0.460 e. The number of rotatable bonds is 17. The molecule has 0 radical (unpaired) electrons. The van der Waals surface area contributed by atoms with Crippen LogP contribution in [-0.2, 0) is 8.98 Å². The summed E-state index contributed by atoms with van der Waals surface area (Å²) in [6.07, 6.45) is 0.935. The number of alkyl halides is 23. The van der Waals surface area contributed by atoms with Crippen LogP contribution in [0.4, 0.5) is 101 Å². The van der Waals surface area contributed by atoms with E-state index in [9.17, 15) is 70.7 Å². The minimum absolute atomic E-state index is 0.0937. The van der Waals surface area contributed by atoms with E-state index in [0.717, 1.165) is 49.1 Å². The molecule has 3 fully saturated rings. The first kappa shape index (κ1) is 59.1. The van der Waals surface area contributed by atoms with Crippen LogP contribution in [0.1, 0.15) is 131 Å². The Balaban J connectivity index is 1.57. The van der Waals surface area contributed by atoms with Gasteiger partial charge in [0.25, 0.3) is 0 Å². The Labute approximate surface area is 409 Å². The van der Waals surface area contributed by atoms with Crippen LogP contribution in [0.5, 0.6) is 0 Å². The lowest BCUT2D eigenvalue weighted by molar-refractivity contribution is -0.477. The van der Waals surface area contributed by atoms with Crippen LogP contribution in [0, 0.1) is 0 Å². The quantitative estimate of drug-likeness (QED) is 0.126. The molecule has 74 heavy (non-hydrogen) atoms. The fourth-order valence-electron chi connectivity index (χ4n) is 9.92. The molecule has 3 aromatic carbocycles. The molecule has 0 bridgehead atoms. The van der Waals surface area contributed by atoms with E-state index in [1.807, 2.05) is 0 Å². The van der Waals surface area contributed by atoms with E-state index in [0.29, 0.717) is 88.2 Å². The highest BCUT2D eigenvalue weighted by molar-refractivity contribution is 8.30. The monoisotopic (exact) mass is 1120 g/mol. The molecule has 0 spiro atoms. The van der Waals surface area contributed by atoms with Crippen molar-refractivity contribution in [2.75, 3.05) is 0 Å². The molecule has 0 aromatic heterocycles. The summed E-state index contributed by atoms with van der Waals surface area (Å²) in [5, 5.41) is 0. The Morgan fingerprint density at radius 2 is 0.662 bits per heavy atom. The van der Waals surface area contributed by atoms with Crippen LogP contribution >= 0.6 is 10.3 Å². The van der Waals surface area contributed by atoms with Crippen LogP contribution in [0.2, 0.25) is 0 Å². The van der Waals surface area contributed by atoms with E-state index in [1.165, 1.54) is 36.4 Å². The molecule has 3 aromatic rings. The molecule has 0 amide bonds. The van der Waals surface area contributed by atoms with Gasteiger partial charge in [0.2, 0.25) is 0 Å². The zero-order valence-electron chi connectivity index (χ0n) is 38.2. The normalized spacial score (nSPS) is 19.1. The van der Waals surface area contributed by atoms with Gasteiger partial charge in [0.15, 0.2) is 0 Å². The summed E-state index contributed by atoms with van der Waals surface area (Å²) >= 11 is 0. The number of halogens is 23. The molecule has 0 atom stereocenters. The first-order valence-corrected chi connectivity index (χ1v) is 24.6. The number of benzene rings is 3. The van der Waals surface area contributed by atoms with Gasteiger partial charge in [-0.15, -0.1) is 0 Å². The average molecular weight is 1120 g/mol. The Bertz CT molecular complexity index is 2340. The molecule has 0 aliphatic heterocycles. The Hall–Kier alpha value is -4.13. The second-order valence-corrected chi connectivity index (χ2v) is 21.5. The summed E-state index contributed by atoms with van der Waals surface area (Å²) in [6, 6.07) is 15.6. The second-order valence-electron chi connectivity index (χ2n) is 18.8. The smallest absolute Gasteiger partial charge is 0.397 e. The molecule has 26 heteroatoms. The summed E-state index contributed by atoms with van der Waals surface area (Å²) in [4.78, 5) is 13.4. The number of hydrogen-bond donors (Lipinski definition) is 0. The Kier molecular flexibility index (Phi) is 16.0. The Morgan fingerprint density at radius 3 is 0.973 bits per heavy atom. The van der Waals surface area contributed by atoms with Crippen molar-refractivity contribution in [1.29, 1.82) is 0 Å². The lowest BCUT2D eigenvalue weighted by atomic mass is 9.76. The molecule has 0 heterocycles. The third-order valence-electron chi connectivity index (χ3n) is 14.1. The van der Waals surface area contributed by atoms with Gasteiger partial charge in [0.1, 0.15) is 0 Å². The van der Waals surface area contributed by atoms with Crippen molar-refractivity contribution in [3.63, 3.8) is 0 Å². The van der Waals surface area contributed by atoms with E-state index in [1.54, 1.807) is 12.1 Å². The predicted molar refractivity (Wildman–Crippen MR) is 221 cm³/mol. The molecule has 3 saturated carbocycles. The molecular weight excluding hydrogens is 1080 g/mol. The summed E-state index contributed by atoms with van der Waals surface area (Å²) < 4.78 is 340. The van der Waals surface area contributed by atoms with E-state index in [4.69, 9.17) is 4.18 Å². The van der Waals surface area contributed by atoms with Gasteiger partial charge in [-0.1, -0.05) is 106 Å². The number of hydrogen-bond acceptors (Lipinski definition) is 2.